The Kier molecular flexibility index (Phi) is 12.6. The molecule has 0 atom stereocenters. The molecule has 0 aliphatic carbocycles. The SMILES string of the molecule is CC1(C)CC(OC(=O)CCCCCCCCC(=O)OC2CC(C)(C)N(C(=O)c3ccccc3)C(C)(C)C2)CC(C)(C)N1C(=O)c1ccccc1. The van der Waals surface area contributed by atoms with Crippen molar-refractivity contribution in [3.63, 3.8) is 0 Å². The van der Waals surface area contributed by atoms with Crippen LogP contribution in [-0.2, 0) is 19.1 Å². The molecular formula is C42H60N2O6. The smallest absolute Gasteiger partial charge is 0.306 e. The topological polar surface area (TPSA) is 93.2 Å². The monoisotopic (exact) mass is 688 g/mol. The molecule has 0 radical (unpaired) electrons. The minimum atomic E-state index is -0.459. The maximum absolute atomic E-state index is 13.4. The Labute approximate surface area is 300 Å². The van der Waals surface area contributed by atoms with Crippen molar-refractivity contribution in [2.45, 2.75) is 167 Å². The first-order valence-electron chi connectivity index (χ1n) is 18.6. The van der Waals surface area contributed by atoms with Gasteiger partial charge in [0.25, 0.3) is 11.8 Å². The summed E-state index contributed by atoms with van der Waals surface area (Å²) in [7, 11) is 0. The lowest BCUT2D eigenvalue weighted by Gasteiger charge is -2.54. The van der Waals surface area contributed by atoms with E-state index in [9.17, 15) is 19.2 Å². The van der Waals surface area contributed by atoms with E-state index in [2.05, 4.69) is 55.4 Å². The molecule has 2 aliphatic heterocycles. The minimum Gasteiger partial charge on any atom is -0.462 e. The van der Waals surface area contributed by atoms with Gasteiger partial charge in [-0.25, -0.2) is 0 Å². The van der Waals surface area contributed by atoms with E-state index in [0.717, 1.165) is 38.5 Å². The van der Waals surface area contributed by atoms with Gasteiger partial charge in [0, 0.05) is 71.8 Å². The molecule has 0 spiro atoms. The van der Waals surface area contributed by atoms with E-state index in [0.29, 0.717) is 49.7 Å². The molecule has 50 heavy (non-hydrogen) atoms. The molecule has 4 rings (SSSR count). The van der Waals surface area contributed by atoms with Gasteiger partial charge in [-0.15, -0.1) is 0 Å². The Bertz CT molecular complexity index is 1320. The molecular weight excluding hydrogens is 628 g/mol. The van der Waals surface area contributed by atoms with Crippen molar-refractivity contribution in [2.24, 2.45) is 0 Å². The Morgan fingerprint density at radius 1 is 0.500 bits per heavy atom. The highest BCUT2D eigenvalue weighted by Crippen LogP contribution is 2.42. The highest BCUT2D eigenvalue weighted by atomic mass is 16.5. The molecule has 2 fully saturated rings. The van der Waals surface area contributed by atoms with Crippen molar-refractivity contribution in [2.75, 3.05) is 0 Å². The third kappa shape index (κ3) is 9.97. The van der Waals surface area contributed by atoms with Crippen molar-refractivity contribution >= 4 is 23.8 Å². The van der Waals surface area contributed by atoms with Crippen molar-refractivity contribution in [1.29, 1.82) is 0 Å². The molecule has 2 aromatic rings. The van der Waals surface area contributed by atoms with E-state index in [4.69, 9.17) is 9.47 Å². The van der Waals surface area contributed by atoms with Gasteiger partial charge in [-0.2, -0.15) is 0 Å². The summed E-state index contributed by atoms with van der Waals surface area (Å²) in [6.45, 7) is 16.4. The van der Waals surface area contributed by atoms with Crippen LogP contribution in [0, 0.1) is 0 Å². The quantitative estimate of drug-likeness (QED) is 0.154. The van der Waals surface area contributed by atoms with Gasteiger partial charge in [0.05, 0.1) is 0 Å². The van der Waals surface area contributed by atoms with Crippen molar-refractivity contribution < 1.29 is 28.7 Å². The number of nitrogens with zero attached hydrogens (tertiary/aromatic N) is 2. The molecule has 2 amide bonds. The second-order valence-corrected chi connectivity index (χ2v) is 16.9. The number of hydrogen-bond acceptors (Lipinski definition) is 6. The predicted molar refractivity (Wildman–Crippen MR) is 197 cm³/mol. The summed E-state index contributed by atoms with van der Waals surface area (Å²) < 4.78 is 11.9. The average molecular weight is 689 g/mol. The Morgan fingerprint density at radius 2 is 0.780 bits per heavy atom. The Balaban J connectivity index is 1.10. The maximum atomic E-state index is 13.4. The number of carbonyl (C=O) groups excluding carboxylic acids is 4. The van der Waals surface area contributed by atoms with Gasteiger partial charge >= 0.3 is 11.9 Å². The average Bonchev–Trinajstić information content (AvgIpc) is 3.00. The molecule has 0 aromatic heterocycles. The van der Waals surface area contributed by atoms with Gasteiger partial charge in [-0.1, -0.05) is 62.1 Å². The summed E-state index contributed by atoms with van der Waals surface area (Å²) in [5.74, 6) is -0.336. The number of amides is 2. The molecule has 2 aromatic carbocycles. The largest absolute Gasteiger partial charge is 0.462 e. The molecule has 8 nitrogen and oxygen atoms in total. The Morgan fingerprint density at radius 3 is 1.08 bits per heavy atom. The van der Waals surface area contributed by atoms with E-state index < -0.39 is 22.2 Å². The zero-order valence-electron chi connectivity index (χ0n) is 31.8. The van der Waals surface area contributed by atoms with Gasteiger partial charge in [0.15, 0.2) is 0 Å². The van der Waals surface area contributed by atoms with Crippen molar-refractivity contribution in [3.8, 4) is 0 Å². The van der Waals surface area contributed by atoms with Crippen LogP contribution in [0.2, 0.25) is 0 Å². The molecule has 2 heterocycles. The fourth-order valence-electron chi connectivity index (χ4n) is 8.80. The van der Waals surface area contributed by atoms with Crippen LogP contribution in [0.3, 0.4) is 0 Å². The normalized spacial score (nSPS) is 19.8. The molecule has 2 aliphatic rings. The van der Waals surface area contributed by atoms with Crippen LogP contribution in [-0.4, -0.2) is 67.9 Å². The van der Waals surface area contributed by atoms with Gasteiger partial charge < -0.3 is 19.3 Å². The summed E-state index contributed by atoms with van der Waals surface area (Å²) >= 11 is 0. The summed E-state index contributed by atoms with van der Waals surface area (Å²) in [4.78, 5) is 56.3. The van der Waals surface area contributed by atoms with Crippen LogP contribution in [0.1, 0.15) is 153 Å². The van der Waals surface area contributed by atoms with Crippen LogP contribution in [0.4, 0.5) is 0 Å². The minimum absolute atomic E-state index is 0.00419. The number of esters is 2. The van der Waals surface area contributed by atoms with Crippen LogP contribution in [0.5, 0.6) is 0 Å². The van der Waals surface area contributed by atoms with E-state index in [-0.39, 0.29) is 36.0 Å². The van der Waals surface area contributed by atoms with Crippen molar-refractivity contribution in [3.05, 3.63) is 71.8 Å². The number of piperidine rings is 2. The number of benzene rings is 2. The van der Waals surface area contributed by atoms with E-state index in [1.807, 2.05) is 70.5 Å². The van der Waals surface area contributed by atoms with Gasteiger partial charge in [0.2, 0.25) is 0 Å². The Hall–Kier alpha value is -3.68. The third-order valence-corrected chi connectivity index (χ3v) is 10.4. The fourth-order valence-corrected chi connectivity index (χ4v) is 8.80. The highest BCUT2D eigenvalue weighted by Gasteiger charge is 2.50. The number of unbranched alkanes of at least 4 members (excludes halogenated alkanes) is 5. The van der Waals surface area contributed by atoms with Crippen LogP contribution in [0.15, 0.2) is 60.7 Å². The lowest BCUT2D eigenvalue weighted by Crippen LogP contribution is -2.64. The van der Waals surface area contributed by atoms with Gasteiger partial charge in [-0.3, -0.25) is 19.2 Å². The third-order valence-electron chi connectivity index (χ3n) is 10.4. The zero-order chi connectivity index (χ0) is 36.7. The molecule has 0 bridgehead atoms. The van der Waals surface area contributed by atoms with Crippen LogP contribution >= 0.6 is 0 Å². The first kappa shape index (κ1) is 39.1. The number of carbonyl (C=O) groups is 4. The van der Waals surface area contributed by atoms with Crippen molar-refractivity contribution in [1.82, 2.24) is 9.80 Å². The van der Waals surface area contributed by atoms with Crippen LogP contribution < -0.4 is 0 Å². The first-order valence-corrected chi connectivity index (χ1v) is 18.6. The molecule has 2 saturated heterocycles. The number of likely N-dealkylation sites (tertiary alicyclic amines) is 2. The summed E-state index contributed by atoms with van der Waals surface area (Å²) in [5.41, 5.74) is -0.495. The number of ether oxygens (including phenoxy) is 2. The molecule has 0 unspecified atom stereocenters. The number of rotatable bonds is 13. The van der Waals surface area contributed by atoms with E-state index >= 15 is 0 Å². The van der Waals surface area contributed by atoms with E-state index in [1.54, 1.807) is 0 Å². The number of hydrogen-bond donors (Lipinski definition) is 0. The standard InChI is InChI=1S/C42H60N2O6/c1-39(2)27-33(28-40(3,4)43(39)37(47)31-21-15-13-16-22-31)49-35(45)25-19-11-9-10-12-20-26-36(46)50-34-29-41(5,6)44(42(7,8)30-34)38(48)32-23-17-14-18-24-32/h13-18,21-24,33-34H,9-12,19-20,25-30H2,1-8H3. The second-order valence-electron chi connectivity index (χ2n) is 16.9. The summed E-state index contributed by atoms with van der Waals surface area (Å²) in [5, 5.41) is 0. The van der Waals surface area contributed by atoms with E-state index in [1.165, 1.54) is 0 Å². The van der Waals surface area contributed by atoms with Gasteiger partial charge in [-0.05, 0) is 92.5 Å². The first-order chi connectivity index (χ1) is 23.4. The molecule has 0 N–H and O–H groups in total. The van der Waals surface area contributed by atoms with Crippen LogP contribution in [0.25, 0.3) is 0 Å². The molecule has 274 valence electrons. The fraction of sp³-hybridized carbons (Fsp3) is 0.619. The zero-order valence-corrected chi connectivity index (χ0v) is 31.8. The highest BCUT2D eigenvalue weighted by molar-refractivity contribution is 5.96. The second kappa shape index (κ2) is 16.1. The lowest BCUT2D eigenvalue weighted by atomic mass is 9.77. The molecule has 8 heteroatoms. The lowest BCUT2D eigenvalue weighted by molar-refractivity contribution is -0.159. The predicted octanol–water partition coefficient (Wildman–Crippen LogP) is 8.92. The molecule has 0 saturated carbocycles. The summed E-state index contributed by atoms with van der Waals surface area (Å²) in [6.07, 6.45) is 8.15. The maximum Gasteiger partial charge on any atom is 0.306 e. The summed E-state index contributed by atoms with van der Waals surface area (Å²) in [6, 6.07) is 18.7. The van der Waals surface area contributed by atoms with Gasteiger partial charge in [0.1, 0.15) is 12.2 Å².